The van der Waals surface area contributed by atoms with Crippen molar-refractivity contribution >= 4 is 34.1 Å². The molecule has 0 amide bonds. The van der Waals surface area contributed by atoms with Crippen molar-refractivity contribution in [2.75, 3.05) is 13.2 Å². The fraction of sp³-hybridized carbons (Fsp3) is 0.148. The smallest absolute Gasteiger partial charge is 0.356 e. The van der Waals surface area contributed by atoms with Crippen molar-refractivity contribution in [1.29, 1.82) is 0 Å². The Hall–Kier alpha value is -3.90. The molecule has 0 spiro atoms. The maximum Gasteiger partial charge on any atom is 0.356 e. The molecule has 34 heavy (non-hydrogen) atoms. The number of nitrogens with zero attached hydrogens (tertiary/aromatic N) is 1. The molecule has 0 aliphatic heterocycles. The Kier molecular flexibility index (Phi) is 6.80. The van der Waals surface area contributed by atoms with Crippen molar-refractivity contribution in [3.8, 4) is 16.9 Å². The number of ketones is 1. The average Bonchev–Trinajstić information content (AvgIpc) is 2.85. The minimum absolute atomic E-state index is 0.0607. The molecular formula is C27H22ClNO5. The number of halogens is 1. The second-order valence-electron chi connectivity index (χ2n) is 7.60. The molecule has 3 aromatic carbocycles. The van der Waals surface area contributed by atoms with Gasteiger partial charge in [-0.1, -0.05) is 41.9 Å². The second kappa shape index (κ2) is 9.93. The van der Waals surface area contributed by atoms with Gasteiger partial charge >= 0.3 is 5.97 Å². The molecule has 172 valence electrons. The zero-order valence-corrected chi connectivity index (χ0v) is 19.5. The zero-order valence-electron chi connectivity index (χ0n) is 18.7. The summed E-state index contributed by atoms with van der Waals surface area (Å²) in [6, 6.07) is 20.6. The van der Waals surface area contributed by atoms with E-state index in [-0.39, 0.29) is 17.0 Å². The van der Waals surface area contributed by atoms with Gasteiger partial charge in [0.15, 0.2) is 12.4 Å². The predicted molar refractivity (Wildman–Crippen MR) is 132 cm³/mol. The van der Waals surface area contributed by atoms with Gasteiger partial charge in [0.1, 0.15) is 11.4 Å². The van der Waals surface area contributed by atoms with Gasteiger partial charge in [0, 0.05) is 28.6 Å². The Morgan fingerprint density at radius 3 is 2.21 bits per heavy atom. The number of hydrogen-bond donors (Lipinski definition) is 0. The molecule has 0 aliphatic rings. The zero-order chi connectivity index (χ0) is 24.2. The van der Waals surface area contributed by atoms with E-state index in [0.717, 1.165) is 0 Å². The first kappa shape index (κ1) is 23.3. The lowest BCUT2D eigenvalue weighted by Crippen LogP contribution is -2.27. The van der Waals surface area contributed by atoms with Crippen LogP contribution < -0.4 is 10.3 Å². The number of benzene rings is 3. The Morgan fingerprint density at radius 2 is 1.56 bits per heavy atom. The van der Waals surface area contributed by atoms with Crippen LogP contribution in [0.2, 0.25) is 5.02 Å². The predicted octanol–water partition coefficient (Wildman–Crippen LogP) is 5.30. The van der Waals surface area contributed by atoms with Gasteiger partial charge in [0.2, 0.25) is 0 Å². The Balaban J connectivity index is 1.70. The number of aromatic nitrogens is 1. The Labute approximate surface area is 201 Å². The third-order valence-corrected chi connectivity index (χ3v) is 5.70. The van der Waals surface area contributed by atoms with E-state index in [2.05, 4.69) is 0 Å². The van der Waals surface area contributed by atoms with Gasteiger partial charge in [0.05, 0.1) is 6.61 Å². The quantitative estimate of drug-likeness (QED) is 0.268. The number of carbonyl (C=O) groups excluding carboxylic acids is 2. The Morgan fingerprint density at radius 1 is 0.912 bits per heavy atom. The van der Waals surface area contributed by atoms with Crippen LogP contribution in [0, 0.1) is 0 Å². The van der Waals surface area contributed by atoms with Crippen molar-refractivity contribution in [3.05, 3.63) is 99.4 Å². The molecule has 0 saturated heterocycles. The van der Waals surface area contributed by atoms with Crippen LogP contribution in [0.1, 0.15) is 27.8 Å². The van der Waals surface area contributed by atoms with Gasteiger partial charge in [-0.3, -0.25) is 9.59 Å². The molecule has 7 heteroatoms. The highest BCUT2D eigenvalue weighted by molar-refractivity contribution is 6.30. The van der Waals surface area contributed by atoms with E-state index in [1.54, 1.807) is 72.8 Å². The summed E-state index contributed by atoms with van der Waals surface area (Å²) < 4.78 is 12.0. The lowest BCUT2D eigenvalue weighted by molar-refractivity contribution is 0.0465. The van der Waals surface area contributed by atoms with Crippen LogP contribution in [0.25, 0.3) is 21.9 Å². The van der Waals surface area contributed by atoms with E-state index in [9.17, 15) is 14.4 Å². The van der Waals surface area contributed by atoms with E-state index in [1.807, 2.05) is 6.92 Å². The van der Waals surface area contributed by atoms with Crippen LogP contribution in [-0.4, -0.2) is 29.5 Å². The van der Waals surface area contributed by atoms with Crippen LogP contribution in [0.3, 0.4) is 0 Å². The fourth-order valence-electron chi connectivity index (χ4n) is 3.80. The molecule has 0 saturated carbocycles. The van der Waals surface area contributed by atoms with Crippen molar-refractivity contribution in [1.82, 2.24) is 4.57 Å². The molecule has 0 unspecified atom stereocenters. The second-order valence-corrected chi connectivity index (χ2v) is 8.03. The molecule has 0 aliphatic carbocycles. The summed E-state index contributed by atoms with van der Waals surface area (Å²) in [6.07, 6.45) is 0. The maximum absolute atomic E-state index is 13.2. The van der Waals surface area contributed by atoms with Crippen LogP contribution in [0.4, 0.5) is 0 Å². The highest BCUT2D eigenvalue weighted by Gasteiger charge is 2.23. The first-order chi connectivity index (χ1) is 16.4. The first-order valence-corrected chi connectivity index (χ1v) is 11.1. The summed E-state index contributed by atoms with van der Waals surface area (Å²) in [5.41, 5.74) is 1.35. The molecule has 6 nitrogen and oxygen atoms in total. The molecule has 1 heterocycles. The molecular weight excluding hydrogens is 454 g/mol. The SMILES string of the molecule is CCOc1ccc(C(=O)COC(=O)c2c(-c3ccc(Cl)cc3)c3ccccc3c(=O)n2C)cc1. The molecule has 0 bridgehead atoms. The maximum atomic E-state index is 13.2. The van der Waals surface area contributed by atoms with Gasteiger partial charge in [0.25, 0.3) is 5.56 Å². The number of esters is 1. The molecule has 4 aromatic rings. The minimum atomic E-state index is -0.769. The summed E-state index contributed by atoms with van der Waals surface area (Å²) >= 11 is 6.05. The van der Waals surface area contributed by atoms with Gasteiger partial charge in [-0.2, -0.15) is 0 Å². The number of fused-ring (bicyclic) bond motifs is 1. The van der Waals surface area contributed by atoms with E-state index < -0.39 is 12.6 Å². The van der Waals surface area contributed by atoms with E-state index in [4.69, 9.17) is 21.1 Å². The summed E-state index contributed by atoms with van der Waals surface area (Å²) in [4.78, 5) is 38.8. The molecule has 0 radical (unpaired) electrons. The summed E-state index contributed by atoms with van der Waals surface area (Å²) in [5.74, 6) is -0.486. The van der Waals surface area contributed by atoms with Crippen molar-refractivity contribution in [2.45, 2.75) is 6.92 Å². The van der Waals surface area contributed by atoms with Gasteiger partial charge in [-0.15, -0.1) is 0 Å². The lowest BCUT2D eigenvalue weighted by atomic mass is 9.97. The van der Waals surface area contributed by atoms with Gasteiger partial charge in [-0.25, -0.2) is 4.79 Å². The summed E-state index contributed by atoms with van der Waals surface area (Å²) in [6.45, 7) is 1.93. The lowest BCUT2D eigenvalue weighted by Gasteiger charge is -2.16. The van der Waals surface area contributed by atoms with Crippen molar-refractivity contribution < 1.29 is 19.1 Å². The van der Waals surface area contributed by atoms with Crippen molar-refractivity contribution in [2.24, 2.45) is 7.05 Å². The van der Waals surface area contributed by atoms with Crippen LogP contribution in [0.15, 0.2) is 77.6 Å². The largest absolute Gasteiger partial charge is 0.494 e. The summed E-state index contributed by atoms with van der Waals surface area (Å²) in [5, 5.41) is 1.62. The van der Waals surface area contributed by atoms with Crippen molar-refractivity contribution in [3.63, 3.8) is 0 Å². The number of Topliss-reactive ketones (excluding diaryl/α,β-unsaturated/α-hetero) is 1. The van der Waals surface area contributed by atoms with E-state index >= 15 is 0 Å². The molecule has 1 aromatic heterocycles. The van der Waals surface area contributed by atoms with Gasteiger partial charge < -0.3 is 14.0 Å². The molecule has 4 rings (SSSR count). The first-order valence-electron chi connectivity index (χ1n) is 10.7. The van der Waals surface area contributed by atoms with E-state index in [0.29, 0.717) is 44.8 Å². The fourth-order valence-corrected chi connectivity index (χ4v) is 3.93. The third-order valence-electron chi connectivity index (χ3n) is 5.45. The number of ether oxygens (including phenoxy) is 2. The molecule has 0 fully saturated rings. The minimum Gasteiger partial charge on any atom is -0.494 e. The third kappa shape index (κ3) is 4.58. The average molecular weight is 476 g/mol. The molecule has 0 N–H and O–H groups in total. The van der Waals surface area contributed by atoms with Crippen LogP contribution in [0.5, 0.6) is 5.75 Å². The van der Waals surface area contributed by atoms with Crippen LogP contribution >= 0.6 is 11.6 Å². The van der Waals surface area contributed by atoms with E-state index in [1.165, 1.54) is 11.6 Å². The van der Waals surface area contributed by atoms with Gasteiger partial charge in [-0.05, 0) is 60.3 Å². The number of pyridine rings is 1. The highest BCUT2D eigenvalue weighted by Crippen LogP contribution is 2.31. The highest BCUT2D eigenvalue weighted by atomic mass is 35.5. The molecule has 0 atom stereocenters. The number of hydrogen-bond acceptors (Lipinski definition) is 5. The topological polar surface area (TPSA) is 74.6 Å². The standard InChI is InChI=1S/C27H22ClNO5/c1-3-33-20-14-10-17(11-15-20)23(30)16-34-27(32)25-24(18-8-12-19(28)13-9-18)21-6-4-5-7-22(21)26(31)29(25)2/h4-15H,3,16H2,1-2H3. The number of rotatable bonds is 7. The van der Waals surface area contributed by atoms with Crippen LogP contribution in [-0.2, 0) is 11.8 Å². The monoisotopic (exact) mass is 475 g/mol. The number of carbonyl (C=O) groups is 2. The normalized spacial score (nSPS) is 10.8. The summed E-state index contributed by atoms with van der Waals surface area (Å²) in [7, 11) is 1.51. The Bertz CT molecular complexity index is 1420.